The van der Waals surface area contributed by atoms with Gasteiger partial charge in [0.2, 0.25) is 0 Å². The normalized spacial score (nSPS) is 12.8. The fraction of sp³-hybridized carbons (Fsp3) is 0.486. The first-order chi connectivity index (χ1) is 21.9. The van der Waals surface area contributed by atoms with Gasteiger partial charge in [0.1, 0.15) is 12.2 Å². The first-order valence-corrected chi connectivity index (χ1v) is 16.2. The SMILES string of the molecule is Cc1ccc(NCCCCOC(C(=O)NCCCCCc2ccc3ccccc3c2)C(OCC(=O)O)C(=O)OC(C)(C)C)cc1C. The van der Waals surface area contributed by atoms with Crippen molar-refractivity contribution < 1.29 is 33.7 Å². The molecular weight excluding hydrogens is 584 g/mol. The van der Waals surface area contributed by atoms with Gasteiger partial charge in [-0.1, -0.05) is 55.0 Å². The van der Waals surface area contributed by atoms with Gasteiger partial charge in [-0.2, -0.15) is 0 Å². The molecule has 9 heteroatoms. The molecule has 0 heterocycles. The minimum absolute atomic E-state index is 0.175. The molecular formula is C37H50N2O7. The van der Waals surface area contributed by atoms with Crippen LogP contribution in [0, 0.1) is 13.8 Å². The molecule has 3 aromatic rings. The molecule has 46 heavy (non-hydrogen) atoms. The van der Waals surface area contributed by atoms with Crippen LogP contribution in [0.25, 0.3) is 10.8 Å². The van der Waals surface area contributed by atoms with Gasteiger partial charge in [-0.15, -0.1) is 0 Å². The third-order valence-corrected chi connectivity index (χ3v) is 7.52. The number of carbonyl (C=O) groups is 3. The highest BCUT2D eigenvalue weighted by molar-refractivity contribution is 5.89. The van der Waals surface area contributed by atoms with Crippen molar-refractivity contribution in [1.82, 2.24) is 5.32 Å². The fourth-order valence-electron chi connectivity index (χ4n) is 4.96. The van der Waals surface area contributed by atoms with E-state index in [1.165, 1.54) is 27.5 Å². The molecule has 3 N–H and O–H groups in total. The van der Waals surface area contributed by atoms with Gasteiger partial charge in [0.25, 0.3) is 5.91 Å². The van der Waals surface area contributed by atoms with Crippen LogP contribution in [-0.4, -0.2) is 67.1 Å². The molecule has 250 valence electrons. The van der Waals surface area contributed by atoms with Crippen molar-refractivity contribution in [2.24, 2.45) is 0 Å². The molecule has 9 nitrogen and oxygen atoms in total. The van der Waals surface area contributed by atoms with Gasteiger partial charge in [0, 0.05) is 25.4 Å². The van der Waals surface area contributed by atoms with Crippen LogP contribution in [-0.2, 0) is 35.0 Å². The summed E-state index contributed by atoms with van der Waals surface area (Å²) in [4.78, 5) is 37.7. The number of fused-ring (bicyclic) bond motifs is 1. The largest absolute Gasteiger partial charge is 0.480 e. The molecule has 0 saturated heterocycles. The van der Waals surface area contributed by atoms with Gasteiger partial charge >= 0.3 is 11.9 Å². The summed E-state index contributed by atoms with van der Waals surface area (Å²) in [5, 5.41) is 17.9. The quantitative estimate of drug-likeness (QED) is 0.103. The lowest BCUT2D eigenvalue weighted by molar-refractivity contribution is -0.184. The van der Waals surface area contributed by atoms with E-state index in [1.54, 1.807) is 20.8 Å². The maximum atomic E-state index is 13.4. The molecule has 3 aromatic carbocycles. The number of carboxylic acids is 1. The van der Waals surface area contributed by atoms with Gasteiger partial charge in [-0.05, 0) is 106 Å². The number of anilines is 1. The average molecular weight is 635 g/mol. The molecule has 3 rings (SSSR count). The number of nitrogens with one attached hydrogen (secondary N) is 2. The van der Waals surface area contributed by atoms with E-state index >= 15 is 0 Å². The van der Waals surface area contributed by atoms with Crippen LogP contribution >= 0.6 is 0 Å². The highest BCUT2D eigenvalue weighted by atomic mass is 16.6. The van der Waals surface area contributed by atoms with Crippen molar-refractivity contribution >= 4 is 34.3 Å². The number of hydrogen-bond acceptors (Lipinski definition) is 7. The smallest absolute Gasteiger partial charge is 0.339 e. The maximum absolute atomic E-state index is 13.4. The summed E-state index contributed by atoms with van der Waals surface area (Å²) < 4.78 is 16.8. The first kappa shape index (κ1) is 36.5. The van der Waals surface area contributed by atoms with E-state index in [0.717, 1.165) is 37.8 Å². The Labute approximate surface area is 273 Å². The number of esters is 1. The lowest BCUT2D eigenvalue weighted by Crippen LogP contribution is -2.51. The van der Waals surface area contributed by atoms with E-state index in [0.29, 0.717) is 19.5 Å². The maximum Gasteiger partial charge on any atom is 0.339 e. The second-order valence-corrected chi connectivity index (χ2v) is 12.7. The summed E-state index contributed by atoms with van der Waals surface area (Å²) in [5.74, 6) is -2.65. The highest BCUT2D eigenvalue weighted by Gasteiger charge is 2.39. The van der Waals surface area contributed by atoms with Crippen LogP contribution in [0.3, 0.4) is 0 Å². The number of hydrogen-bond donors (Lipinski definition) is 3. The summed E-state index contributed by atoms with van der Waals surface area (Å²) in [6, 6.07) is 21.0. The Kier molecular flexibility index (Phi) is 14.5. The van der Waals surface area contributed by atoms with Crippen LogP contribution in [0.15, 0.2) is 60.7 Å². The third-order valence-electron chi connectivity index (χ3n) is 7.52. The predicted octanol–water partition coefficient (Wildman–Crippen LogP) is 6.37. The lowest BCUT2D eigenvalue weighted by Gasteiger charge is -2.28. The van der Waals surface area contributed by atoms with Gasteiger partial charge in [0.15, 0.2) is 12.2 Å². The fourth-order valence-corrected chi connectivity index (χ4v) is 4.96. The zero-order valence-electron chi connectivity index (χ0n) is 27.9. The van der Waals surface area contributed by atoms with Crippen molar-refractivity contribution in [1.29, 1.82) is 0 Å². The number of amides is 1. The van der Waals surface area contributed by atoms with Gasteiger partial charge in [0.05, 0.1) is 0 Å². The number of unbranched alkanes of at least 4 members (excludes halogenated alkanes) is 3. The van der Waals surface area contributed by atoms with Crippen molar-refractivity contribution in [3.05, 3.63) is 77.4 Å². The number of rotatable bonds is 19. The Morgan fingerprint density at radius 2 is 1.52 bits per heavy atom. The Morgan fingerprint density at radius 1 is 0.783 bits per heavy atom. The zero-order valence-corrected chi connectivity index (χ0v) is 27.9. The second-order valence-electron chi connectivity index (χ2n) is 12.7. The predicted molar refractivity (Wildman–Crippen MR) is 181 cm³/mol. The lowest BCUT2D eigenvalue weighted by atomic mass is 10.0. The minimum atomic E-state index is -1.53. The van der Waals surface area contributed by atoms with Crippen molar-refractivity contribution in [3.63, 3.8) is 0 Å². The van der Waals surface area contributed by atoms with Crippen molar-refractivity contribution in [3.8, 4) is 0 Å². The molecule has 0 saturated carbocycles. The Hall–Kier alpha value is -3.95. The number of benzene rings is 3. The number of ether oxygens (including phenoxy) is 3. The summed E-state index contributed by atoms with van der Waals surface area (Å²) >= 11 is 0. The van der Waals surface area contributed by atoms with E-state index in [9.17, 15) is 19.5 Å². The van der Waals surface area contributed by atoms with Gasteiger partial charge < -0.3 is 30.0 Å². The average Bonchev–Trinajstić information content (AvgIpc) is 3.00. The third kappa shape index (κ3) is 12.8. The molecule has 2 unspecified atom stereocenters. The zero-order chi connectivity index (χ0) is 33.5. The Bertz CT molecular complexity index is 1430. The molecule has 0 fully saturated rings. The van der Waals surface area contributed by atoms with Crippen molar-refractivity contribution in [2.75, 3.05) is 31.6 Å². The van der Waals surface area contributed by atoms with Crippen molar-refractivity contribution in [2.45, 2.75) is 91.0 Å². The molecule has 0 aliphatic heterocycles. The summed E-state index contributed by atoms with van der Waals surface area (Å²) in [6.45, 7) is 9.70. The van der Waals surface area contributed by atoms with Crippen LogP contribution < -0.4 is 10.6 Å². The molecule has 0 radical (unpaired) electrons. The van der Waals surface area contributed by atoms with E-state index in [1.807, 2.05) is 18.2 Å². The molecule has 0 spiro atoms. The summed E-state index contributed by atoms with van der Waals surface area (Å²) in [7, 11) is 0. The summed E-state index contributed by atoms with van der Waals surface area (Å²) in [6.07, 6.45) is 2.01. The van der Waals surface area contributed by atoms with Crippen LogP contribution in [0.4, 0.5) is 5.69 Å². The van der Waals surface area contributed by atoms with E-state index in [-0.39, 0.29) is 6.61 Å². The van der Waals surface area contributed by atoms with Crippen LogP contribution in [0.1, 0.15) is 69.6 Å². The van der Waals surface area contributed by atoms with Crippen LogP contribution in [0.2, 0.25) is 0 Å². The molecule has 0 bridgehead atoms. The minimum Gasteiger partial charge on any atom is -0.480 e. The topological polar surface area (TPSA) is 123 Å². The summed E-state index contributed by atoms with van der Waals surface area (Å²) in [5.41, 5.74) is 3.88. The standard InChI is InChI=1S/C37H50N2O7/c1-26-16-19-31(23-27(26)2)38-20-11-12-22-44-33(34(45-25-32(40)41)36(43)46-37(3,4)5)35(42)39-21-10-6-7-13-28-17-18-29-14-8-9-15-30(29)24-28/h8-9,14-19,23-24,33-34,38H,6-7,10-13,20-22,25H2,1-5H3,(H,39,42)(H,40,41). The monoisotopic (exact) mass is 634 g/mol. The van der Waals surface area contributed by atoms with E-state index in [2.05, 4.69) is 66.9 Å². The first-order valence-electron chi connectivity index (χ1n) is 16.2. The van der Waals surface area contributed by atoms with Gasteiger partial charge in [-0.25, -0.2) is 9.59 Å². The molecule has 1 amide bonds. The Balaban J connectivity index is 1.53. The molecule has 0 aromatic heterocycles. The van der Waals surface area contributed by atoms with Gasteiger partial charge in [-0.3, -0.25) is 4.79 Å². The molecule has 0 aliphatic rings. The number of carboxylic acid groups (broad SMARTS) is 1. The van der Waals surface area contributed by atoms with Crippen LogP contribution in [0.5, 0.6) is 0 Å². The number of aryl methyl sites for hydroxylation is 3. The number of aliphatic carboxylic acids is 1. The Morgan fingerprint density at radius 3 is 2.24 bits per heavy atom. The van der Waals surface area contributed by atoms with E-state index in [4.69, 9.17) is 14.2 Å². The highest BCUT2D eigenvalue weighted by Crippen LogP contribution is 2.18. The molecule has 0 aliphatic carbocycles. The second kappa shape index (κ2) is 18.3. The molecule has 2 atom stereocenters. The number of carbonyl (C=O) groups excluding carboxylic acids is 2. The van der Waals surface area contributed by atoms with E-state index < -0.39 is 42.3 Å².